The fourth-order valence-electron chi connectivity index (χ4n) is 3.34. The van der Waals surface area contributed by atoms with Crippen molar-refractivity contribution < 1.29 is 19.4 Å². The van der Waals surface area contributed by atoms with Crippen molar-refractivity contribution >= 4 is 46.9 Å². The highest BCUT2D eigenvalue weighted by Crippen LogP contribution is 2.23. The maximum absolute atomic E-state index is 13.0. The molecule has 0 aliphatic heterocycles. The third-order valence-electron chi connectivity index (χ3n) is 5.40. The Bertz CT molecular complexity index is 1330. The molecule has 0 saturated heterocycles. The molecule has 0 spiro atoms. The number of nitro benzene ring substituents is 2. The Labute approximate surface area is 228 Å². The average Bonchev–Trinajstić information content (AvgIpc) is 2.92. The predicted molar refractivity (Wildman–Crippen MR) is 150 cm³/mol. The van der Waals surface area contributed by atoms with Crippen molar-refractivity contribution in [1.29, 1.82) is 0 Å². The second-order valence-electron chi connectivity index (χ2n) is 8.50. The van der Waals surface area contributed by atoms with Gasteiger partial charge >= 0.3 is 0 Å². The van der Waals surface area contributed by atoms with Crippen LogP contribution in [-0.4, -0.2) is 53.8 Å². The molecule has 39 heavy (non-hydrogen) atoms. The fraction of sp³-hybridized carbons (Fsp3) is 0.192. The van der Waals surface area contributed by atoms with Crippen molar-refractivity contribution in [1.82, 2.24) is 10.7 Å². The molecule has 3 aromatic carbocycles. The lowest BCUT2D eigenvalue weighted by molar-refractivity contribution is -0.394. The van der Waals surface area contributed by atoms with Crippen molar-refractivity contribution in [2.24, 2.45) is 5.10 Å². The number of carbonyl (C=O) groups is 2. The second kappa shape index (κ2) is 13.7. The van der Waals surface area contributed by atoms with Crippen LogP contribution >= 0.6 is 11.8 Å². The quantitative estimate of drug-likeness (QED) is 0.196. The Hall–Kier alpha value is -4.78. The molecule has 0 bridgehead atoms. The minimum Gasteiger partial charge on any atom is -0.378 e. The van der Waals surface area contributed by atoms with Gasteiger partial charge in [-0.05, 0) is 23.3 Å². The fourth-order valence-corrected chi connectivity index (χ4v) is 4.35. The number of non-ortho nitro benzene ring substituents is 2. The number of thioether (sulfide) groups is 1. The molecule has 0 saturated carbocycles. The lowest BCUT2D eigenvalue weighted by atomic mass is 10.1. The van der Waals surface area contributed by atoms with E-state index in [1.54, 1.807) is 0 Å². The summed E-state index contributed by atoms with van der Waals surface area (Å²) in [5.74, 6) is -0.781. The normalized spacial score (nSPS) is 11.5. The van der Waals surface area contributed by atoms with Crippen LogP contribution < -0.4 is 15.6 Å². The highest BCUT2D eigenvalue weighted by atomic mass is 32.2. The minimum absolute atomic E-state index is 0.149. The molecule has 0 aliphatic carbocycles. The first-order chi connectivity index (χ1) is 18.6. The molecule has 13 heteroatoms. The molecule has 0 fully saturated rings. The molecule has 202 valence electrons. The molecule has 3 aromatic rings. The van der Waals surface area contributed by atoms with Gasteiger partial charge < -0.3 is 10.2 Å². The first-order valence-corrected chi connectivity index (χ1v) is 12.8. The van der Waals surface area contributed by atoms with E-state index in [0.29, 0.717) is 5.75 Å². The molecular formula is C26H26N6O6S. The van der Waals surface area contributed by atoms with Gasteiger partial charge in [0, 0.05) is 43.4 Å². The van der Waals surface area contributed by atoms with E-state index in [0.717, 1.165) is 35.0 Å². The molecule has 0 aromatic heterocycles. The number of hydrogen-bond acceptors (Lipinski definition) is 9. The van der Waals surface area contributed by atoms with Crippen LogP contribution in [0, 0.1) is 20.2 Å². The van der Waals surface area contributed by atoms with Crippen LogP contribution in [0.2, 0.25) is 0 Å². The number of rotatable bonds is 12. The summed E-state index contributed by atoms with van der Waals surface area (Å²) in [5, 5.41) is 28.9. The zero-order valence-electron chi connectivity index (χ0n) is 21.1. The monoisotopic (exact) mass is 550 g/mol. The molecule has 0 radical (unpaired) electrons. The average molecular weight is 551 g/mol. The number of hydrogen-bond donors (Lipinski definition) is 2. The number of carbonyl (C=O) groups excluding carboxylic acids is 2. The molecule has 3 rings (SSSR count). The summed E-state index contributed by atoms with van der Waals surface area (Å²) in [7, 11) is 3.83. The minimum atomic E-state index is -1.09. The van der Waals surface area contributed by atoms with Gasteiger partial charge in [0.15, 0.2) is 0 Å². The molecular weight excluding hydrogens is 524 g/mol. The van der Waals surface area contributed by atoms with Gasteiger partial charge in [0.2, 0.25) is 0 Å². The van der Waals surface area contributed by atoms with E-state index in [-0.39, 0.29) is 11.3 Å². The van der Waals surface area contributed by atoms with Gasteiger partial charge in [-0.1, -0.05) is 42.5 Å². The summed E-state index contributed by atoms with van der Waals surface area (Å²) in [6.45, 7) is 0. The first kappa shape index (κ1) is 28.8. The summed E-state index contributed by atoms with van der Waals surface area (Å²) in [6.07, 6.45) is 1.46. The number of nitro groups is 2. The number of benzene rings is 3. The Morgan fingerprint density at radius 1 is 0.974 bits per heavy atom. The summed E-state index contributed by atoms with van der Waals surface area (Å²) in [6, 6.07) is 18.5. The van der Waals surface area contributed by atoms with E-state index in [9.17, 15) is 29.8 Å². The largest absolute Gasteiger partial charge is 0.378 e. The van der Waals surface area contributed by atoms with E-state index in [1.165, 1.54) is 18.0 Å². The van der Waals surface area contributed by atoms with Crippen LogP contribution in [0.15, 0.2) is 77.9 Å². The Kier molecular flexibility index (Phi) is 10.1. The second-order valence-corrected chi connectivity index (χ2v) is 9.53. The SMILES string of the molecule is CN(C)c1ccc(/C=N\NC(=O)[C@H](CSCc2ccccc2)NC(=O)c2cc([N+](=O)[O-])cc([N+](=O)[O-])c2)cc1. The maximum atomic E-state index is 13.0. The van der Waals surface area contributed by atoms with Crippen molar-refractivity contribution in [2.45, 2.75) is 11.8 Å². The predicted octanol–water partition coefficient (Wildman–Crippen LogP) is 3.75. The highest BCUT2D eigenvalue weighted by Gasteiger charge is 2.25. The highest BCUT2D eigenvalue weighted by molar-refractivity contribution is 7.98. The van der Waals surface area contributed by atoms with Crippen molar-refractivity contribution in [3.8, 4) is 0 Å². The summed E-state index contributed by atoms with van der Waals surface area (Å²) in [5.41, 5.74) is 3.62. The van der Waals surface area contributed by atoms with E-state index in [4.69, 9.17) is 0 Å². The van der Waals surface area contributed by atoms with Gasteiger partial charge in [-0.25, -0.2) is 5.43 Å². The maximum Gasteiger partial charge on any atom is 0.277 e. The van der Waals surface area contributed by atoms with E-state index in [2.05, 4.69) is 15.8 Å². The standard InChI is InChI=1S/C26H26N6O6S/c1-30(2)21-10-8-18(9-11-21)15-27-29-26(34)24(17-39-16-19-6-4-3-5-7-19)28-25(33)20-12-22(31(35)36)14-23(13-20)32(37)38/h3-15,24H,16-17H2,1-2H3,(H,28,33)(H,29,34)/b27-15-/t24-/m0/s1. The van der Waals surface area contributed by atoms with Gasteiger partial charge in [0.05, 0.1) is 27.7 Å². The number of anilines is 1. The van der Waals surface area contributed by atoms with Crippen molar-refractivity contribution in [2.75, 3.05) is 24.7 Å². The molecule has 0 heterocycles. The third-order valence-corrected chi connectivity index (χ3v) is 6.51. The van der Waals surface area contributed by atoms with Gasteiger partial charge in [0.25, 0.3) is 23.2 Å². The van der Waals surface area contributed by atoms with Crippen LogP contribution in [-0.2, 0) is 10.5 Å². The number of hydrazone groups is 1. The van der Waals surface area contributed by atoms with Crippen molar-refractivity contribution in [3.05, 3.63) is 110 Å². The molecule has 12 nitrogen and oxygen atoms in total. The smallest absolute Gasteiger partial charge is 0.277 e. The zero-order valence-corrected chi connectivity index (χ0v) is 22.0. The third kappa shape index (κ3) is 8.64. The Morgan fingerprint density at radius 2 is 1.59 bits per heavy atom. The van der Waals surface area contributed by atoms with Crippen molar-refractivity contribution in [3.63, 3.8) is 0 Å². The van der Waals surface area contributed by atoms with E-state index in [1.807, 2.05) is 73.6 Å². The van der Waals surface area contributed by atoms with Gasteiger partial charge in [-0.3, -0.25) is 29.8 Å². The van der Waals surface area contributed by atoms with E-state index >= 15 is 0 Å². The number of nitrogens with zero attached hydrogens (tertiary/aromatic N) is 4. The van der Waals surface area contributed by atoms with Crippen LogP contribution in [0.25, 0.3) is 0 Å². The number of amides is 2. The van der Waals surface area contributed by atoms with Gasteiger partial charge in [-0.15, -0.1) is 0 Å². The topological polar surface area (TPSA) is 160 Å². The van der Waals surface area contributed by atoms with Crippen LogP contribution in [0.5, 0.6) is 0 Å². The summed E-state index contributed by atoms with van der Waals surface area (Å²) >= 11 is 1.38. The van der Waals surface area contributed by atoms with Gasteiger partial charge in [0.1, 0.15) is 6.04 Å². The van der Waals surface area contributed by atoms with Crippen LogP contribution in [0.3, 0.4) is 0 Å². The summed E-state index contributed by atoms with van der Waals surface area (Å²) in [4.78, 5) is 48.6. The Morgan fingerprint density at radius 3 is 2.15 bits per heavy atom. The number of nitrogens with one attached hydrogen (secondary N) is 2. The molecule has 2 amide bonds. The van der Waals surface area contributed by atoms with E-state index < -0.39 is 39.1 Å². The molecule has 2 N–H and O–H groups in total. The molecule has 1 atom stereocenters. The molecule has 0 unspecified atom stereocenters. The Balaban J connectivity index is 1.75. The first-order valence-electron chi connectivity index (χ1n) is 11.6. The zero-order chi connectivity index (χ0) is 28.4. The van der Waals surface area contributed by atoms with Crippen LogP contribution in [0.1, 0.15) is 21.5 Å². The molecule has 0 aliphatic rings. The lowest BCUT2D eigenvalue weighted by Crippen LogP contribution is -2.47. The lowest BCUT2D eigenvalue weighted by Gasteiger charge is -2.17. The van der Waals surface area contributed by atoms with Gasteiger partial charge in [-0.2, -0.15) is 16.9 Å². The summed E-state index contributed by atoms with van der Waals surface area (Å²) < 4.78 is 0. The van der Waals surface area contributed by atoms with Crippen LogP contribution in [0.4, 0.5) is 17.1 Å².